The van der Waals surface area contributed by atoms with Crippen molar-refractivity contribution in [1.82, 2.24) is 9.58 Å². The maximum absolute atomic E-state index is 13.6. The van der Waals surface area contributed by atoms with Crippen LogP contribution >= 0.6 is 11.8 Å². The number of hydrazone groups is 1. The maximum atomic E-state index is 13.6. The first kappa shape index (κ1) is 24.0. The second-order valence-corrected chi connectivity index (χ2v) is 9.61. The molecule has 0 bridgehead atoms. The highest BCUT2D eigenvalue weighted by Gasteiger charge is 2.33. The number of ether oxygens (including phenoxy) is 2. The van der Waals surface area contributed by atoms with Crippen molar-refractivity contribution < 1.29 is 14.3 Å². The summed E-state index contributed by atoms with van der Waals surface area (Å²) in [6.45, 7) is 3.02. The van der Waals surface area contributed by atoms with Crippen molar-refractivity contribution in [3.05, 3.63) is 90.1 Å². The van der Waals surface area contributed by atoms with Crippen LogP contribution in [0.4, 0.5) is 0 Å². The number of carbonyl (C=O) groups excluding carboxylic acids is 1. The van der Waals surface area contributed by atoms with Gasteiger partial charge in [0.15, 0.2) is 0 Å². The molecule has 3 aromatic carbocycles. The first-order chi connectivity index (χ1) is 17.6. The van der Waals surface area contributed by atoms with Gasteiger partial charge < -0.3 is 14.0 Å². The zero-order chi connectivity index (χ0) is 25.1. The van der Waals surface area contributed by atoms with E-state index in [1.807, 2.05) is 60.7 Å². The number of methoxy groups -OCH3 is 2. The number of thioether (sulfide) groups is 1. The molecule has 1 unspecified atom stereocenters. The molecule has 5 rings (SSSR count). The predicted octanol–water partition coefficient (Wildman–Crippen LogP) is 6.15. The summed E-state index contributed by atoms with van der Waals surface area (Å²) in [4.78, 5) is 14.7. The van der Waals surface area contributed by atoms with Crippen molar-refractivity contribution in [2.24, 2.45) is 5.10 Å². The lowest BCUT2D eigenvalue weighted by Gasteiger charge is -2.22. The number of benzene rings is 3. The molecular weight excluding hydrogens is 470 g/mol. The van der Waals surface area contributed by atoms with Crippen LogP contribution in [0.5, 0.6) is 11.5 Å². The van der Waals surface area contributed by atoms with E-state index in [9.17, 15) is 4.79 Å². The Morgan fingerprint density at radius 3 is 2.31 bits per heavy atom. The van der Waals surface area contributed by atoms with E-state index in [-0.39, 0.29) is 11.9 Å². The fraction of sp³-hybridized carbons (Fsp3) is 0.241. The Morgan fingerprint density at radius 2 is 1.64 bits per heavy atom. The van der Waals surface area contributed by atoms with Gasteiger partial charge in [-0.1, -0.05) is 30.3 Å². The fourth-order valence-electron chi connectivity index (χ4n) is 4.58. The molecule has 0 aliphatic carbocycles. The summed E-state index contributed by atoms with van der Waals surface area (Å²) in [7, 11) is 3.30. The van der Waals surface area contributed by atoms with Gasteiger partial charge in [-0.2, -0.15) is 5.10 Å². The standard InChI is InChI=1S/C29H29N3O3S/c1-4-31-18-28(24-7-5-6-8-26(24)31)36-19-29(33)32-27(21-11-15-23(35-3)16-12-21)17-25(30-32)20-9-13-22(34-2)14-10-20/h5-16,18,27H,4,17,19H2,1-3H3. The van der Waals surface area contributed by atoms with Crippen molar-refractivity contribution in [2.45, 2.75) is 30.8 Å². The van der Waals surface area contributed by atoms with E-state index in [0.29, 0.717) is 12.2 Å². The van der Waals surface area contributed by atoms with Crippen molar-refractivity contribution in [1.29, 1.82) is 0 Å². The number of carbonyl (C=O) groups is 1. The quantitative estimate of drug-likeness (QED) is 0.273. The molecule has 0 fully saturated rings. The van der Waals surface area contributed by atoms with Gasteiger partial charge in [0.05, 0.1) is 31.7 Å². The van der Waals surface area contributed by atoms with Crippen LogP contribution in [0.25, 0.3) is 10.9 Å². The number of aryl methyl sites for hydroxylation is 1. The Hall–Kier alpha value is -3.71. The van der Waals surface area contributed by atoms with Crippen LogP contribution in [0.3, 0.4) is 0 Å². The van der Waals surface area contributed by atoms with Crippen LogP contribution in [0.1, 0.15) is 30.5 Å². The second-order valence-electron chi connectivity index (χ2n) is 8.59. The summed E-state index contributed by atoms with van der Waals surface area (Å²) >= 11 is 1.57. The van der Waals surface area contributed by atoms with Crippen LogP contribution in [0, 0.1) is 0 Å². The molecule has 4 aromatic rings. The SMILES string of the molecule is CCn1cc(SCC(=O)N2N=C(c3ccc(OC)cc3)CC2c2ccc(OC)cc2)c2ccccc21. The van der Waals surface area contributed by atoms with Gasteiger partial charge >= 0.3 is 0 Å². The van der Waals surface area contributed by atoms with Gasteiger partial charge in [0.2, 0.25) is 0 Å². The van der Waals surface area contributed by atoms with E-state index in [1.54, 1.807) is 31.0 Å². The fourth-order valence-corrected chi connectivity index (χ4v) is 5.52. The Balaban J connectivity index is 1.41. The number of hydrogen-bond donors (Lipinski definition) is 0. The molecule has 0 saturated heterocycles. The number of rotatable bonds is 8. The zero-order valence-electron chi connectivity index (χ0n) is 20.7. The average molecular weight is 500 g/mol. The highest BCUT2D eigenvalue weighted by Crippen LogP contribution is 2.36. The predicted molar refractivity (Wildman–Crippen MR) is 145 cm³/mol. The largest absolute Gasteiger partial charge is 0.497 e. The third-order valence-electron chi connectivity index (χ3n) is 6.53. The molecule has 7 heteroatoms. The van der Waals surface area contributed by atoms with Gasteiger partial charge in [-0.05, 0) is 60.5 Å². The van der Waals surface area contributed by atoms with E-state index in [1.165, 1.54) is 10.9 Å². The molecule has 6 nitrogen and oxygen atoms in total. The smallest absolute Gasteiger partial charge is 0.253 e. The third-order valence-corrected chi connectivity index (χ3v) is 7.56. The van der Waals surface area contributed by atoms with E-state index >= 15 is 0 Å². The number of para-hydroxylation sites is 1. The van der Waals surface area contributed by atoms with E-state index in [0.717, 1.165) is 39.8 Å². The Labute approximate surface area is 215 Å². The molecule has 184 valence electrons. The molecular formula is C29H29N3O3S. The van der Waals surface area contributed by atoms with E-state index < -0.39 is 0 Å². The molecule has 1 amide bonds. The van der Waals surface area contributed by atoms with Crippen LogP contribution in [0.15, 0.2) is 89.0 Å². The van der Waals surface area contributed by atoms with Gasteiger partial charge in [-0.15, -0.1) is 11.8 Å². The second kappa shape index (κ2) is 10.5. The Morgan fingerprint density at radius 1 is 0.972 bits per heavy atom. The zero-order valence-corrected chi connectivity index (χ0v) is 21.5. The van der Waals surface area contributed by atoms with Gasteiger partial charge in [-0.25, -0.2) is 5.01 Å². The molecule has 1 atom stereocenters. The summed E-state index contributed by atoms with van der Waals surface area (Å²) in [6, 6.07) is 23.9. The molecule has 1 aromatic heterocycles. The van der Waals surface area contributed by atoms with Crippen LogP contribution < -0.4 is 9.47 Å². The minimum Gasteiger partial charge on any atom is -0.497 e. The summed E-state index contributed by atoms with van der Waals surface area (Å²) in [6.07, 6.45) is 2.78. The molecule has 0 N–H and O–H groups in total. The number of aromatic nitrogens is 1. The van der Waals surface area contributed by atoms with E-state index in [4.69, 9.17) is 14.6 Å². The molecule has 1 aliphatic heterocycles. The van der Waals surface area contributed by atoms with Crippen molar-refractivity contribution >= 4 is 34.3 Å². The molecule has 36 heavy (non-hydrogen) atoms. The number of fused-ring (bicyclic) bond motifs is 1. The van der Waals surface area contributed by atoms with Crippen molar-refractivity contribution in [2.75, 3.05) is 20.0 Å². The molecule has 0 radical (unpaired) electrons. The van der Waals surface area contributed by atoms with Gasteiger partial charge in [0.1, 0.15) is 11.5 Å². The lowest BCUT2D eigenvalue weighted by molar-refractivity contribution is -0.130. The maximum Gasteiger partial charge on any atom is 0.253 e. The van der Waals surface area contributed by atoms with Gasteiger partial charge in [-0.3, -0.25) is 4.79 Å². The van der Waals surface area contributed by atoms with Gasteiger partial charge in [0, 0.05) is 35.0 Å². The summed E-state index contributed by atoms with van der Waals surface area (Å²) < 4.78 is 12.8. The molecule has 1 aliphatic rings. The first-order valence-corrected chi connectivity index (χ1v) is 13.0. The summed E-state index contributed by atoms with van der Waals surface area (Å²) in [5.41, 5.74) is 4.10. The third kappa shape index (κ3) is 4.71. The van der Waals surface area contributed by atoms with Gasteiger partial charge in [0.25, 0.3) is 5.91 Å². The van der Waals surface area contributed by atoms with Crippen LogP contribution in [0.2, 0.25) is 0 Å². The topological polar surface area (TPSA) is 56.1 Å². The number of nitrogens with zero attached hydrogens (tertiary/aromatic N) is 3. The van der Waals surface area contributed by atoms with Crippen molar-refractivity contribution in [3.8, 4) is 11.5 Å². The molecule has 0 spiro atoms. The van der Waals surface area contributed by atoms with Crippen molar-refractivity contribution in [3.63, 3.8) is 0 Å². The highest BCUT2D eigenvalue weighted by atomic mass is 32.2. The molecule has 0 saturated carbocycles. The molecule has 2 heterocycles. The van der Waals surface area contributed by atoms with E-state index in [2.05, 4.69) is 29.8 Å². The summed E-state index contributed by atoms with van der Waals surface area (Å²) in [5, 5.41) is 7.65. The Kier molecular flexibility index (Phi) is 7.00. The minimum absolute atomic E-state index is 0.0161. The minimum atomic E-state index is -0.168. The lowest BCUT2D eigenvalue weighted by atomic mass is 9.98. The monoisotopic (exact) mass is 499 g/mol. The number of amides is 1. The average Bonchev–Trinajstić information content (AvgIpc) is 3.54. The lowest BCUT2D eigenvalue weighted by Crippen LogP contribution is -2.28. The van der Waals surface area contributed by atoms with Crippen LogP contribution in [-0.2, 0) is 11.3 Å². The normalized spacial score (nSPS) is 15.2. The van der Waals surface area contributed by atoms with Crippen LogP contribution in [-0.4, -0.2) is 41.2 Å². The summed E-state index contributed by atoms with van der Waals surface area (Å²) in [5.74, 6) is 1.87. The number of hydrogen-bond acceptors (Lipinski definition) is 5. The highest BCUT2D eigenvalue weighted by molar-refractivity contribution is 8.00. The first-order valence-electron chi connectivity index (χ1n) is 12.0. The Bertz CT molecular complexity index is 1390.